The van der Waals surface area contributed by atoms with Gasteiger partial charge in [-0.2, -0.15) is 13.2 Å². The minimum atomic E-state index is -4.46. The second kappa shape index (κ2) is 5.21. The van der Waals surface area contributed by atoms with E-state index in [0.29, 0.717) is 6.42 Å². The Morgan fingerprint density at radius 1 is 1.35 bits per heavy atom. The summed E-state index contributed by atoms with van der Waals surface area (Å²) in [5.74, 6) is -0.708. The van der Waals surface area contributed by atoms with Crippen molar-refractivity contribution in [2.24, 2.45) is 5.92 Å². The van der Waals surface area contributed by atoms with Crippen LogP contribution in [0.4, 0.5) is 18.9 Å². The van der Waals surface area contributed by atoms with Crippen LogP contribution in [0.3, 0.4) is 0 Å². The molecule has 0 spiro atoms. The molecule has 1 amide bonds. The molecule has 1 N–H and O–H groups in total. The summed E-state index contributed by atoms with van der Waals surface area (Å²) in [4.78, 5) is 11.5. The molecule has 0 aromatic heterocycles. The van der Waals surface area contributed by atoms with E-state index in [1.54, 1.807) is 13.8 Å². The van der Waals surface area contributed by atoms with Crippen molar-refractivity contribution in [3.8, 4) is 0 Å². The molecular weight excluding hydrogens is 231 g/mol. The maximum absolute atomic E-state index is 12.6. The molecule has 1 rings (SSSR count). The summed E-state index contributed by atoms with van der Waals surface area (Å²) in [7, 11) is 0. The molecule has 0 fully saturated rings. The first-order valence-electron chi connectivity index (χ1n) is 5.33. The van der Waals surface area contributed by atoms with Crippen molar-refractivity contribution in [1.82, 2.24) is 0 Å². The lowest BCUT2D eigenvalue weighted by Crippen LogP contribution is -2.22. The highest BCUT2D eigenvalue weighted by molar-refractivity contribution is 5.93. The molecule has 1 aromatic rings. The normalized spacial score (nSPS) is 13.2. The second-order valence-corrected chi connectivity index (χ2v) is 3.84. The average molecular weight is 245 g/mol. The second-order valence-electron chi connectivity index (χ2n) is 3.84. The van der Waals surface area contributed by atoms with Crippen molar-refractivity contribution in [1.29, 1.82) is 0 Å². The van der Waals surface area contributed by atoms with E-state index in [2.05, 4.69) is 5.32 Å². The lowest BCUT2D eigenvalue weighted by Gasteiger charge is -2.15. The summed E-state index contributed by atoms with van der Waals surface area (Å²) < 4.78 is 37.9. The molecule has 0 aliphatic rings. The number of hydrogen-bond acceptors (Lipinski definition) is 1. The number of para-hydroxylation sites is 1. The Morgan fingerprint density at radius 3 is 2.47 bits per heavy atom. The number of amides is 1. The molecular formula is C12H14F3NO. The van der Waals surface area contributed by atoms with Gasteiger partial charge in [0.25, 0.3) is 0 Å². The van der Waals surface area contributed by atoms with Crippen molar-refractivity contribution in [3.05, 3.63) is 29.8 Å². The topological polar surface area (TPSA) is 29.1 Å². The summed E-state index contributed by atoms with van der Waals surface area (Å²) in [6.07, 6.45) is -3.88. The molecule has 5 heteroatoms. The third-order valence-electron chi connectivity index (χ3n) is 2.55. The molecule has 1 atom stereocenters. The van der Waals surface area contributed by atoms with E-state index in [1.807, 2.05) is 0 Å². The first-order chi connectivity index (χ1) is 7.86. The minimum Gasteiger partial charge on any atom is -0.325 e. The summed E-state index contributed by atoms with van der Waals surface area (Å²) in [5, 5.41) is 2.31. The van der Waals surface area contributed by atoms with E-state index in [9.17, 15) is 18.0 Å². The van der Waals surface area contributed by atoms with Gasteiger partial charge >= 0.3 is 6.18 Å². The van der Waals surface area contributed by atoms with Gasteiger partial charge in [0, 0.05) is 5.92 Å². The summed E-state index contributed by atoms with van der Waals surface area (Å²) >= 11 is 0. The summed E-state index contributed by atoms with van der Waals surface area (Å²) in [6, 6.07) is 4.96. The zero-order chi connectivity index (χ0) is 13.1. The van der Waals surface area contributed by atoms with Gasteiger partial charge in [-0.3, -0.25) is 4.79 Å². The van der Waals surface area contributed by atoms with Gasteiger partial charge < -0.3 is 5.32 Å². The van der Waals surface area contributed by atoms with Crippen LogP contribution in [0, 0.1) is 5.92 Å². The van der Waals surface area contributed by atoms with Gasteiger partial charge in [-0.05, 0) is 18.6 Å². The maximum Gasteiger partial charge on any atom is 0.418 e. The van der Waals surface area contributed by atoms with Crippen molar-refractivity contribution in [2.75, 3.05) is 5.32 Å². The molecule has 0 radical (unpaired) electrons. The molecule has 2 nitrogen and oxygen atoms in total. The minimum absolute atomic E-state index is 0.190. The summed E-state index contributed by atoms with van der Waals surface area (Å²) in [6.45, 7) is 3.48. The smallest absolute Gasteiger partial charge is 0.325 e. The van der Waals surface area contributed by atoms with Crippen LogP contribution in [0.1, 0.15) is 25.8 Å². The van der Waals surface area contributed by atoms with Crippen molar-refractivity contribution < 1.29 is 18.0 Å². The van der Waals surface area contributed by atoms with Gasteiger partial charge in [-0.25, -0.2) is 0 Å². The Morgan fingerprint density at radius 2 is 1.94 bits per heavy atom. The highest BCUT2D eigenvalue weighted by Crippen LogP contribution is 2.34. The number of alkyl halides is 3. The van der Waals surface area contributed by atoms with Gasteiger partial charge in [-0.15, -0.1) is 0 Å². The van der Waals surface area contributed by atoms with Crippen molar-refractivity contribution in [3.63, 3.8) is 0 Å². The molecule has 1 aromatic carbocycles. The number of halogens is 3. The number of benzene rings is 1. The molecule has 0 unspecified atom stereocenters. The van der Waals surface area contributed by atoms with Crippen molar-refractivity contribution in [2.45, 2.75) is 26.4 Å². The number of carbonyl (C=O) groups excluding carboxylic acids is 1. The van der Waals surface area contributed by atoms with E-state index < -0.39 is 17.6 Å². The Kier molecular flexibility index (Phi) is 4.15. The van der Waals surface area contributed by atoms with Crippen LogP contribution in [-0.2, 0) is 11.0 Å². The lowest BCUT2D eigenvalue weighted by molar-refractivity contribution is -0.137. The first-order valence-corrected chi connectivity index (χ1v) is 5.33. The SMILES string of the molecule is CC[C@@H](C)C(=O)Nc1ccccc1C(F)(F)F. The number of carbonyl (C=O) groups is 1. The Balaban J connectivity index is 2.96. The number of nitrogens with one attached hydrogen (secondary N) is 1. The highest BCUT2D eigenvalue weighted by atomic mass is 19.4. The highest BCUT2D eigenvalue weighted by Gasteiger charge is 2.33. The first kappa shape index (κ1) is 13.5. The summed E-state index contributed by atoms with van der Waals surface area (Å²) in [5.41, 5.74) is -1.01. The van der Waals surface area contributed by atoms with E-state index in [4.69, 9.17) is 0 Å². The van der Waals surface area contributed by atoms with Gasteiger partial charge in [0.15, 0.2) is 0 Å². The molecule has 17 heavy (non-hydrogen) atoms. The largest absolute Gasteiger partial charge is 0.418 e. The third kappa shape index (κ3) is 3.47. The standard InChI is InChI=1S/C12H14F3NO/c1-3-8(2)11(17)16-10-7-5-4-6-9(10)12(13,14)15/h4-8H,3H2,1-2H3,(H,16,17)/t8-/m1/s1. The zero-order valence-corrected chi connectivity index (χ0v) is 9.64. The number of hydrogen-bond donors (Lipinski definition) is 1. The van der Waals surface area contributed by atoms with Gasteiger partial charge in [-0.1, -0.05) is 26.0 Å². The third-order valence-corrected chi connectivity index (χ3v) is 2.55. The number of rotatable bonds is 3. The molecule has 0 aliphatic heterocycles. The van der Waals surface area contributed by atoms with E-state index in [-0.39, 0.29) is 11.6 Å². The Labute approximate surface area is 97.8 Å². The maximum atomic E-state index is 12.6. The van der Waals surface area contributed by atoms with Crippen LogP contribution in [0.15, 0.2) is 24.3 Å². The van der Waals surface area contributed by atoms with E-state index in [0.717, 1.165) is 6.07 Å². The Bertz CT molecular complexity index is 401. The van der Waals surface area contributed by atoms with Crippen LogP contribution in [0.2, 0.25) is 0 Å². The van der Waals surface area contributed by atoms with Crippen LogP contribution in [0.5, 0.6) is 0 Å². The van der Waals surface area contributed by atoms with E-state index >= 15 is 0 Å². The lowest BCUT2D eigenvalue weighted by atomic mass is 10.1. The van der Waals surface area contributed by atoms with Crippen LogP contribution in [0.25, 0.3) is 0 Å². The molecule has 0 bridgehead atoms. The van der Waals surface area contributed by atoms with Gasteiger partial charge in [0.05, 0.1) is 11.3 Å². The zero-order valence-electron chi connectivity index (χ0n) is 9.64. The van der Waals surface area contributed by atoms with Crippen LogP contribution < -0.4 is 5.32 Å². The fourth-order valence-electron chi connectivity index (χ4n) is 1.28. The predicted octanol–water partition coefficient (Wildman–Crippen LogP) is 3.69. The van der Waals surface area contributed by atoms with Crippen LogP contribution >= 0.6 is 0 Å². The van der Waals surface area contributed by atoms with Crippen molar-refractivity contribution >= 4 is 11.6 Å². The molecule has 0 saturated carbocycles. The Hall–Kier alpha value is -1.52. The van der Waals surface area contributed by atoms with E-state index in [1.165, 1.54) is 18.2 Å². The monoisotopic (exact) mass is 245 g/mol. The molecule has 0 aliphatic carbocycles. The predicted molar refractivity (Wildman–Crippen MR) is 59.5 cm³/mol. The fourth-order valence-corrected chi connectivity index (χ4v) is 1.28. The fraction of sp³-hybridized carbons (Fsp3) is 0.417. The van der Waals surface area contributed by atoms with Gasteiger partial charge in [0.1, 0.15) is 0 Å². The quantitative estimate of drug-likeness (QED) is 0.864. The average Bonchev–Trinajstić information content (AvgIpc) is 2.27. The molecule has 0 heterocycles. The van der Waals surface area contributed by atoms with Gasteiger partial charge in [0.2, 0.25) is 5.91 Å². The molecule has 0 saturated heterocycles. The number of anilines is 1. The molecule has 94 valence electrons. The van der Waals surface area contributed by atoms with Crippen LogP contribution in [-0.4, -0.2) is 5.91 Å².